The highest BCUT2D eigenvalue weighted by Gasteiger charge is 2.19. The molecule has 0 radical (unpaired) electrons. The lowest BCUT2D eigenvalue weighted by Gasteiger charge is -2.15. The minimum absolute atomic E-state index is 0.338. The normalized spacial score (nSPS) is 21.1. The van der Waals surface area contributed by atoms with E-state index < -0.39 is 0 Å². The molecule has 88 valence electrons. The first kappa shape index (κ1) is 10.7. The van der Waals surface area contributed by atoms with Gasteiger partial charge in [0.1, 0.15) is 0 Å². The molecule has 1 aromatic heterocycles. The highest BCUT2D eigenvalue weighted by atomic mass is 15.2. The molecule has 17 heavy (non-hydrogen) atoms. The lowest BCUT2D eigenvalue weighted by Crippen LogP contribution is -2.26. The van der Waals surface area contributed by atoms with E-state index >= 15 is 0 Å². The molecule has 0 saturated carbocycles. The molecule has 0 amide bonds. The average Bonchev–Trinajstić information content (AvgIpc) is 2.75. The van der Waals surface area contributed by atoms with Crippen LogP contribution in [-0.2, 0) is 6.54 Å². The van der Waals surface area contributed by atoms with E-state index in [2.05, 4.69) is 40.2 Å². The van der Waals surface area contributed by atoms with Crippen molar-refractivity contribution in [3.8, 4) is 0 Å². The van der Waals surface area contributed by atoms with Gasteiger partial charge in [0.15, 0.2) is 0 Å². The highest BCUT2D eigenvalue weighted by Crippen LogP contribution is 2.19. The van der Waals surface area contributed by atoms with Crippen molar-refractivity contribution in [2.45, 2.75) is 19.0 Å². The maximum Gasteiger partial charge on any atom is 0.0622 e. The van der Waals surface area contributed by atoms with Gasteiger partial charge in [0, 0.05) is 37.3 Å². The Bertz CT molecular complexity index is 518. The lowest BCUT2D eigenvalue weighted by molar-refractivity contribution is 0.324. The molecule has 0 bridgehead atoms. The molecule has 1 aliphatic heterocycles. The molecule has 1 atom stereocenters. The van der Waals surface area contributed by atoms with Gasteiger partial charge in [0.25, 0.3) is 0 Å². The summed E-state index contributed by atoms with van der Waals surface area (Å²) in [7, 11) is 0. The molecule has 1 saturated heterocycles. The number of benzene rings is 1. The Morgan fingerprint density at radius 1 is 1.29 bits per heavy atom. The second kappa shape index (κ2) is 4.43. The van der Waals surface area contributed by atoms with E-state index in [0.29, 0.717) is 6.04 Å². The van der Waals surface area contributed by atoms with Crippen LogP contribution in [0.1, 0.15) is 12.1 Å². The summed E-state index contributed by atoms with van der Waals surface area (Å²) >= 11 is 0. The number of nitrogens with two attached hydrogens (primary N) is 1. The second-order valence-electron chi connectivity index (χ2n) is 4.76. The van der Waals surface area contributed by atoms with E-state index in [1.54, 1.807) is 0 Å². The molecule has 1 fully saturated rings. The van der Waals surface area contributed by atoms with Crippen LogP contribution in [0.3, 0.4) is 0 Å². The summed E-state index contributed by atoms with van der Waals surface area (Å²) in [5.41, 5.74) is 7.09. The summed E-state index contributed by atoms with van der Waals surface area (Å²) in [6.07, 6.45) is 3.00. The zero-order valence-corrected chi connectivity index (χ0v) is 9.84. The maximum absolute atomic E-state index is 5.93. The Morgan fingerprint density at radius 3 is 3.00 bits per heavy atom. The van der Waals surface area contributed by atoms with E-state index in [1.165, 1.54) is 10.8 Å². The predicted octanol–water partition coefficient (Wildman–Crippen LogP) is 1.77. The van der Waals surface area contributed by atoms with Crippen molar-refractivity contribution in [2.24, 2.45) is 5.73 Å². The van der Waals surface area contributed by atoms with E-state index in [1.807, 2.05) is 6.20 Å². The molecule has 0 aliphatic carbocycles. The summed E-state index contributed by atoms with van der Waals surface area (Å²) in [5, 5.41) is 2.52. The van der Waals surface area contributed by atoms with Crippen LogP contribution in [0.2, 0.25) is 0 Å². The van der Waals surface area contributed by atoms with Gasteiger partial charge < -0.3 is 5.73 Å². The highest BCUT2D eigenvalue weighted by molar-refractivity contribution is 5.84. The van der Waals surface area contributed by atoms with Crippen LogP contribution >= 0.6 is 0 Å². The standard InChI is InChI=1S/C14H17N3/c15-12-6-8-17(9-12)10-14-13-4-2-1-3-11(13)5-7-16-14/h1-5,7,12H,6,8-10,15H2/t12-/m0/s1. The number of hydrogen-bond acceptors (Lipinski definition) is 3. The van der Waals surface area contributed by atoms with Crippen LogP contribution in [0.25, 0.3) is 10.8 Å². The van der Waals surface area contributed by atoms with E-state index in [9.17, 15) is 0 Å². The molecule has 2 heterocycles. The first-order chi connectivity index (χ1) is 8.33. The second-order valence-corrected chi connectivity index (χ2v) is 4.76. The first-order valence-electron chi connectivity index (χ1n) is 6.13. The Balaban J connectivity index is 1.90. The van der Waals surface area contributed by atoms with E-state index in [-0.39, 0.29) is 0 Å². The SMILES string of the molecule is N[C@H]1CCN(Cc2nccc3ccccc23)C1. The zero-order valence-electron chi connectivity index (χ0n) is 9.84. The molecule has 3 nitrogen and oxygen atoms in total. The Kier molecular flexibility index (Phi) is 2.79. The third-order valence-corrected chi connectivity index (χ3v) is 3.44. The molecule has 2 aromatic rings. The van der Waals surface area contributed by atoms with Crippen LogP contribution in [0.15, 0.2) is 36.5 Å². The van der Waals surface area contributed by atoms with Gasteiger partial charge in [-0.1, -0.05) is 24.3 Å². The Hall–Kier alpha value is -1.45. The van der Waals surface area contributed by atoms with Crippen LogP contribution in [0.4, 0.5) is 0 Å². The molecular weight excluding hydrogens is 210 g/mol. The monoisotopic (exact) mass is 227 g/mol. The number of fused-ring (bicyclic) bond motifs is 1. The van der Waals surface area contributed by atoms with Crippen molar-refractivity contribution in [3.63, 3.8) is 0 Å². The summed E-state index contributed by atoms with van der Waals surface area (Å²) in [4.78, 5) is 6.90. The van der Waals surface area contributed by atoms with Crippen LogP contribution < -0.4 is 5.73 Å². The van der Waals surface area contributed by atoms with Gasteiger partial charge in [-0.05, 0) is 17.9 Å². The quantitative estimate of drug-likeness (QED) is 0.850. The van der Waals surface area contributed by atoms with Crippen LogP contribution in [-0.4, -0.2) is 29.0 Å². The van der Waals surface area contributed by atoms with Crippen molar-refractivity contribution >= 4 is 10.8 Å². The van der Waals surface area contributed by atoms with Crippen molar-refractivity contribution in [3.05, 3.63) is 42.2 Å². The number of rotatable bonds is 2. The molecule has 0 spiro atoms. The third kappa shape index (κ3) is 2.16. The van der Waals surface area contributed by atoms with E-state index in [4.69, 9.17) is 5.73 Å². The van der Waals surface area contributed by atoms with Crippen LogP contribution in [0.5, 0.6) is 0 Å². The van der Waals surface area contributed by atoms with Crippen molar-refractivity contribution in [2.75, 3.05) is 13.1 Å². The number of pyridine rings is 1. The first-order valence-corrected chi connectivity index (χ1v) is 6.13. The van der Waals surface area contributed by atoms with Gasteiger partial charge in [-0.2, -0.15) is 0 Å². The minimum atomic E-state index is 0.338. The summed E-state index contributed by atoms with van der Waals surface area (Å²) in [6.45, 7) is 2.99. The van der Waals surface area contributed by atoms with Gasteiger partial charge in [-0.15, -0.1) is 0 Å². The van der Waals surface area contributed by atoms with Gasteiger partial charge >= 0.3 is 0 Å². The number of hydrogen-bond donors (Lipinski definition) is 1. The van der Waals surface area contributed by atoms with Crippen molar-refractivity contribution in [1.29, 1.82) is 0 Å². The number of likely N-dealkylation sites (tertiary alicyclic amines) is 1. The Labute approximate surface area is 101 Å². The molecule has 2 N–H and O–H groups in total. The third-order valence-electron chi connectivity index (χ3n) is 3.44. The minimum Gasteiger partial charge on any atom is -0.326 e. The smallest absolute Gasteiger partial charge is 0.0622 e. The fourth-order valence-corrected chi connectivity index (χ4v) is 2.53. The van der Waals surface area contributed by atoms with Crippen molar-refractivity contribution in [1.82, 2.24) is 9.88 Å². The fraction of sp³-hybridized carbons (Fsp3) is 0.357. The summed E-state index contributed by atoms with van der Waals surface area (Å²) in [5.74, 6) is 0. The molecular formula is C14H17N3. The number of aromatic nitrogens is 1. The fourth-order valence-electron chi connectivity index (χ4n) is 2.53. The van der Waals surface area contributed by atoms with Gasteiger partial charge in [-0.3, -0.25) is 9.88 Å². The van der Waals surface area contributed by atoms with E-state index in [0.717, 1.165) is 31.7 Å². The van der Waals surface area contributed by atoms with Crippen LogP contribution in [0, 0.1) is 0 Å². The van der Waals surface area contributed by atoms with Gasteiger partial charge in [-0.25, -0.2) is 0 Å². The average molecular weight is 227 g/mol. The van der Waals surface area contributed by atoms with Gasteiger partial charge in [0.2, 0.25) is 0 Å². The zero-order chi connectivity index (χ0) is 11.7. The lowest BCUT2D eigenvalue weighted by atomic mass is 10.1. The molecule has 1 aromatic carbocycles. The predicted molar refractivity (Wildman–Crippen MR) is 69.6 cm³/mol. The molecule has 3 rings (SSSR count). The topological polar surface area (TPSA) is 42.1 Å². The molecule has 0 unspecified atom stereocenters. The largest absolute Gasteiger partial charge is 0.326 e. The number of nitrogens with zero attached hydrogens (tertiary/aromatic N) is 2. The van der Waals surface area contributed by atoms with Gasteiger partial charge in [0.05, 0.1) is 5.69 Å². The Morgan fingerprint density at radius 2 is 2.18 bits per heavy atom. The maximum atomic E-state index is 5.93. The summed E-state index contributed by atoms with van der Waals surface area (Å²) in [6, 6.07) is 10.8. The summed E-state index contributed by atoms with van der Waals surface area (Å²) < 4.78 is 0. The molecule has 1 aliphatic rings. The molecule has 3 heteroatoms. The van der Waals surface area contributed by atoms with Crippen molar-refractivity contribution < 1.29 is 0 Å².